The van der Waals surface area contributed by atoms with Gasteiger partial charge in [0.05, 0.1) is 0 Å². The summed E-state index contributed by atoms with van der Waals surface area (Å²) in [6.07, 6.45) is 2.58. The van der Waals surface area contributed by atoms with Crippen LogP contribution in [0.5, 0.6) is 0 Å². The SMILES string of the molecule is CCOCC(=O)N1CCC(Cc2n[nH]c(=O)n2-c2cccs2)CC1. The molecule has 130 valence electrons. The third-order valence-corrected chi connectivity index (χ3v) is 5.19. The van der Waals surface area contributed by atoms with Crippen LogP contribution in [0.15, 0.2) is 22.3 Å². The van der Waals surface area contributed by atoms with Crippen LogP contribution in [0, 0.1) is 5.92 Å². The molecule has 0 spiro atoms. The minimum Gasteiger partial charge on any atom is -0.372 e. The Bertz CT molecular complexity index is 714. The van der Waals surface area contributed by atoms with Crippen LogP contribution in [0.1, 0.15) is 25.6 Å². The van der Waals surface area contributed by atoms with E-state index >= 15 is 0 Å². The average Bonchev–Trinajstić information content (AvgIpc) is 3.23. The number of nitrogens with one attached hydrogen (secondary N) is 1. The van der Waals surface area contributed by atoms with Crippen LogP contribution in [-0.2, 0) is 16.0 Å². The van der Waals surface area contributed by atoms with Crippen LogP contribution in [0.25, 0.3) is 5.00 Å². The zero-order valence-corrected chi connectivity index (χ0v) is 14.6. The number of carbonyl (C=O) groups is 1. The minimum absolute atomic E-state index is 0.0607. The van der Waals surface area contributed by atoms with Crippen LogP contribution in [-0.4, -0.2) is 51.9 Å². The van der Waals surface area contributed by atoms with Gasteiger partial charge in [0.15, 0.2) is 0 Å². The Morgan fingerprint density at radius 1 is 1.46 bits per heavy atom. The molecule has 0 aliphatic carbocycles. The van der Waals surface area contributed by atoms with Crippen molar-refractivity contribution < 1.29 is 9.53 Å². The second-order valence-corrected chi connectivity index (χ2v) is 6.82. The topological polar surface area (TPSA) is 80.2 Å². The van der Waals surface area contributed by atoms with Gasteiger partial charge < -0.3 is 9.64 Å². The minimum atomic E-state index is -0.197. The first kappa shape index (κ1) is 16.9. The highest BCUT2D eigenvalue weighted by atomic mass is 32.1. The molecule has 0 saturated carbocycles. The molecular weight excluding hydrogens is 328 g/mol. The van der Waals surface area contributed by atoms with Gasteiger partial charge in [-0.1, -0.05) is 0 Å². The molecule has 3 rings (SSSR count). The lowest BCUT2D eigenvalue weighted by molar-refractivity contribution is -0.137. The smallest absolute Gasteiger partial charge is 0.348 e. The summed E-state index contributed by atoms with van der Waals surface area (Å²) >= 11 is 1.52. The van der Waals surface area contributed by atoms with Crippen molar-refractivity contribution in [2.24, 2.45) is 5.92 Å². The fourth-order valence-corrected chi connectivity index (χ4v) is 3.76. The zero-order chi connectivity index (χ0) is 16.9. The van der Waals surface area contributed by atoms with Gasteiger partial charge in [0.1, 0.15) is 17.4 Å². The van der Waals surface area contributed by atoms with E-state index in [1.165, 1.54) is 11.3 Å². The standard InChI is InChI=1S/C16H22N4O3S/c1-2-23-11-14(21)19-7-5-12(6-8-19)10-13-17-18-16(22)20(13)15-4-3-9-24-15/h3-4,9,12H,2,5-8,10-11H2,1H3,(H,18,22). The largest absolute Gasteiger partial charge is 0.372 e. The molecule has 1 aliphatic heterocycles. The molecule has 0 unspecified atom stereocenters. The third-order valence-electron chi connectivity index (χ3n) is 4.34. The summed E-state index contributed by atoms with van der Waals surface area (Å²) in [5.74, 6) is 1.25. The van der Waals surface area contributed by atoms with Gasteiger partial charge in [-0.2, -0.15) is 5.10 Å². The molecular formula is C16H22N4O3S. The fraction of sp³-hybridized carbons (Fsp3) is 0.562. The van der Waals surface area contributed by atoms with Crippen molar-refractivity contribution in [3.05, 3.63) is 33.8 Å². The van der Waals surface area contributed by atoms with Gasteiger partial charge in [-0.15, -0.1) is 11.3 Å². The number of ether oxygens (including phenoxy) is 1. The molecule has 0 atom stereocenters. The van der Waals surface area contributed by atoms with E-state index in [1.54, 1.807) is 4.57 Å². The monoisotopic (exact) mass is 350 g/mol. The summed E-state index contributed by atoms with van der Waals surface area (Å²) in [5, 5.41) is 9.57. The first-order valence-electron chi connectivity index (χ1n) is 8.24. The molecule has 1 saturated heterocycles. The predicted octanol–water partition coefficient (Wildman–Crippen LogP) is 1.44. The summed E-state index contributed by atoms with van der Waals surface area (Å²) in [6, 6.07) is 3.84. The summed E-state index contributed by atoms with van der Waals surface area (Å²) < 4.78 is 6.84. The molecule has 2 aromatic heterocycles. The third kappa shape index (κ3) is 3.76. The number of aromatic amines is 1. The number of carbonyl (C=O) groups excluding carboxylic acids is 1. The number of H-pyrrole nitrogens is 1. The molecule has 1 aliphatic rings. The maximum atomic E-state index is 12.0. The quantitative estimate of drug-likeness (QED) is 0.855. The van der Waals surface area contributed by atoms with Gasteiger partial charge in [0.25, 0.3) is 0 Å². The van der Waals surface area contributed by atoms with Crippen LogP contribution in [0.2, 0.25) is 0 Å². The van der Waals surface area contributed by atoms with E-state index in [0.29, 0.717) is 12.5 Å². The lowest BCUT2D eigenvalue weighted by Crippen LogP contribution is -2.41. The first-order valence-corrected chi connectivity index (χ1v) is 9.12. The second-order valence-electron chi connectivity index (χ2n) is 5.90. The van der Waals surface area contributed by atoms with E-state index in [9.17, 15) is 9.59 Å². The van der Waals surface area contributed by atoms with Gasteiger partial charge in [0, 0.05) is 26.1 Å². The van der Waals surface area contributed by atoms with Crippen LogP contribution in [0.3, 0.4) is 0 Å². The van der Waals surface area contributed by atoms with E-state index < -0.39 is 0 Å². The van der Waals surface area contributed by atoms with Crippen LogP contribution in [0.4, 0.5) is 0 Å². The molecule has 0 radical (unpaired) electrons. The molecule has 0 bridgehead atoms. The Morgan fingerprint density at radius 3 is 2.92 bits per heavy atom. The Kier molecular flexibility index (Phi) is 5.47. The van der Waals surface area contributed by atoms with Crippen molar-refractivity contribution >= 4 is 17.2 Å². The van der Waals surface area contributed by atoms with Crippen molar-refractivity contribution in [2.75, 3.05) is 26.3 Å². The van der Waals surface area contributed by atoms with Gasteiger partial charge in [0.2, 0.25) is 5.91 Å². The summed E-state index contributed by atoms with van der Waals surface area (Å²) in [4.78, 5) is 25.8. The van der Waals surface area contributed by atoms with Crippen LogP contribution >= 0.6 is 11.3 Å². The highest BCUT2D eigenvalue weighted by molar-refractivity contribution is 7.12. The number of piperidine rings is 1. The molecule has 7 nitrogen and oxygen atoms in total. The number of thiophene rings is 1. The normalized spacial score (nSPS) is 15.8. The number of hydrogen-bond acceptors (Lipinski definition) is 5. The van der Waals surface area contributed by atoms with Crippen molar-refractivity contribution in [3.8, 4) is 5.00 Å². The first-order chi connectivity index (χ1) is 11.7. The molecule has 1 N–H and O–H groups in total. The number of aromatic nitrogens is 3. The molecule has 2 aromatic rings. The summed E-state index contributed by atoms with van der Waals surface area (Å²) in [6.45, 7) is 4.09. The number of hydrogen-bond donors (Lipinski definition) is 1. The molecule has 3 heterocycles. The number of nitrogens with zero attached hydrogens (tertiary/aromatic N) is 3. The van der Waals surface area contributed by atoms with E-state index in [4.69, 9.17) is 4.74 Å². The lowest BCUT2D eigenvalue weighted by atomic mass is 9.93. The number of likely N-dealkylation sites (tertiary alicyclic amines) is 1. The average molecular weight is 350 g/mol. The van der Waals surface area contributed by atoms with Crippen LogP contribution < -0.4 is 5.69 Å². The summed E-state index contributed by atoms with van der Waals surface area (Å²) in [5.41, 5.74) is -0.197. The lowest BCUT2D eigenvalue weighted by Gasteiger charge is -2.31. The van der Waals surface area contributed by atoms with E-state index in [0.717, 1.165) is 43.2 Å². The van der Waals surface area contributed by atoms with Gasteiger partial charge in [-0.3, -0.25) is 4.79 Å². The van der Waals surface area contributed by atoms with Gasteiger partial charge >= 0.3 is 5.69 Å². The summed E-state index contributed by atoms with van der Waals surface area (Å²) in [7, 11) is 0. The van der Waals surface area contributed by atoms with Crippen molar-refractivity contribution in [2.45, 2.75) is 26.2 Å². The van der Waals surface area contributed by atoms with Gasteiger partial charge in [-0.05, 0) is 43.2 Å². The Hall–Kier alpha value is -1.93. The molecule has 1 amide bonds. The molecule has 24 heavy (non-hydrogen) atoms. The number of amides is 1. The second kappa shape index (κ2) is 7.76. The predicted molar refractivity (Wildman–Crippen MR) is 91.6 cm³/mol. The maximum absolute atomic E-state index is 12.0. The maximum Gasteiger partial charge on any atom is 0.348 e. The molecule has 8 heteroatoms. The van der Waals surface area contributed by atoms with Gasteiger partial charge in [-0.25, -0.2) is 14.5 Å². The molecule has 1 fully saturated rings. The van der Waals surface area contributed by atoms with E-state index in [-0.39, 0.29) is 18.2 Å². The van der Waals surface area contributed by atoms with Crippen molar-refractivity contribution in [1.82, 2.24) is 19.7 Å². The fourth-order valence-electron chi connectivity index (χ4n) is 3.02. The van der Waals surface area contributed by atoms with Crippen molar-refractivity contribution in [3.63, 3.8) is 0 Å². The van der Waals surface area contributed by atoms with E-state index in [1.807, 2.05) is 29.3 Å². The molecule has 0 aromatic carbocycles. The highest BCUT2D eigenvalue weighted by Crippen LogP contribution is 2.22. The highest BCUT2D eigenvalue weighted by Gasteiger charge is 2.25. The number of rotatable bonds is 6. The Labute approximate surface area is 144 Å². The van der Waals surface area contributed by atoms with E-state index in [2.05, 4.69) is 10.2 Å². The zero-order valence-electron chi connectivity index (χ0n) is 13.7. The Morgan fingerprint density at radius 2 is 2.25 bits per heavy atom. The van der Waals surface area contributed by atoms with Crippen molar-refractivity contribution in [1.29, 1.82) is 0 Å². The Balaban J connectivity index is 1.59.